The molecule has 10 heteroatoms. The van der Waals surface area contributed by atoms with Crippen LogP contribution in [0.15, 0.2) is 66.7 Å². The van der Waals surface area contributed by atoms with Gasteiger partial charge in [0.2, 0.25) is 5.91 Å². The molecule has 3 aromatic rings. The van der Waals surface area contributed by atoms with Crippen LogP contribution in [0.1, 0.15) is 81.5 Å². The Morgan fingerprint density at radius 3 is 2.46 bits per heavy atom. The van der Waals surface area contributed by atoms with Gasteiger partial charge in [-0.05, 0) is 113 Å². The van der Waals surface area contributed by atoms with E-state index in [1.54, 1.807) is 7.11 Å². The van der Waals surface area contributed by atoms with Gasteiger partial charge in [0.1, 0.15) is 35.7 Å². The third kappa shape index (κ3) is 6.13. The van der Waals surface area contributed by atoms with Crippen molar-refractivity contribution in [3.05, 3.63) is 89.0 Å². The molecular formula is C46H57N3O7. The van der Waals surface area contributed by atoms with Crippen molar-refractivity contribution in [1.82, 2.24) is 15.5 Å². The molecule has 2 spiro atoms. The first-order chi connectivity index (χ1) is 27.0. The lowest BCUT2D eigenvalue weighted by molar-refractivity contribution is -0.276. The van der Waals surface area contributed by atoms with E-state index in [0.29, 0.717) is 25.6 Å². The molecule has 4 saturated carbocycles. The maximum atomic E-state index is 14.2. The molecule has 10 rings (SSSR count). The molecule has 3 aromatic carbocycles. The maximum absolute atomic E-state index is 14.2. The standard InChI is InChI=1S/C46H57N3O7/c1-43(2,3)56-42(51)48-35(23-29-9-7-6-8-10-29)40(50)47-26-33-25-44-19-20-46(33,53-5)41-45(44)21-22-49(27-30-11-12-30)37(44)24-32-15-18-36(39(55-41)38(32)45)54-28-31-13-16-34(52-4)17-14-31/h6-10,13-18,30,33,35,37,41H,11-12,19-28H2,1-5H3,(H,47,50)(H,48,51)/t33?,35-,37+,41?,44+,45-,46?/m0/s1. The first-order valence-electron chi connectivity index (χ1n) is 20.7. The molecule has 2 N–H and O–H groups in total. The summed E-state index contributed by atoms with van der Waals surface area (Å²) in [5.74, 6) is 3.05. The van der Waals surface area contributed by atoms with E-state index in [9.17, 15) is 9.59 Å². The zero-order valence-electron chi connectivity index (χ0n) is 33.5. The monoisotopic (exact) mass is 763 g/mol. The molecule has 7 atom stereocenters. The lowest BCUT2D eigenvalue weighted by Crippen LogP contribution is -2.81. The fourth-order valence-corrected chi connectivity index (χ4v) is 11.6. The Bertz CT molecular complexity index is 1960. The fraction of sp³-hybridized carbons (Fsp3) is 0.565. The summed E-state index contributed by atoms with van der Waals surface area (Å²) in [4.78, 5) is 30.1. The highest BCUT2D eigenvalue weighted by Gasteiger charge is 2.80. The number of alkyl carbamates (subject to hydrolysis) is 1. The summed E-state index contributed by atoms with van der Waals surface area (Å²) < 4.78 is 31.8. The molecule has 4 bridgehead atoms. The van der Waals surface area contributed by atoms with Crippen LogP contribution in [-0.2, 0) is 39.1 Å². The average Bonchev–Trinajstić information content (AvgIpc) is 3.93. The quantitative estimate of drug-likeness (QED) is 0.197. The lowest BCUT2D eigenvalue weighted by Gasteiger charge is -2.74. The topological polar surface area (TPSA) is 108 Å². The second-order valence-corrected chi connectivity index (χ2v) is 18.3. The number of nitrogens with zero attached hydrogens (tertiary/aromatic N) is 1. The number of ether oxygens (including phenoxy) is 5. The van der Waals surface area contributed by atoms with Crippen LogP contribution in [0, 0.1) is 17.3 Å². The van der Waals surface area contributed by atoms with Crippen LogP contribution >= 0.6 is 0 Å². The van der Waals surface area contributed by atoms with Crippen molar-refractivity contribution in [3.8, 4) is 17.2 Å². The van der Waals surface area contributed by atoms with Gasteiger partial charge < -0.3 is 34.3 Å². The smallest absolute Gasteiger partial charge is 0.408 e. The molecule has 2 aliphatic heterocycles. The number of methoxy groups -OCH3 is 2. The second-order valence-electron chi connectivity index (χ2n) is 18.3. The molecule has 10 nitrogen and oxygen atoms in total. The van der Waals surface area contributed by atoms with E-state index in [4.69, 9.17) is 23.7 Å². The second kappa shape index (κ2) is 14.0. The molecule has 3 unspecified atom stereocenters. The zero-order valence-corrected chi connectivity index (χ0v) is 33.5. The molecule has 0 aromatic heterocycles. The Labute approximate surface area is 330 Å². The van der Waals surface area contributed by atoms with E-state index < -0.39 is 23.3 Å². The predicted octanol–water partition coefficient (Wildman–Crippen LogP) is 6.75. The van der Waals surface area contributed by atoms with Crippen LogP contribution in [0.3, 0.4) is 0 Å². The zero-order chi connectivity index (χ0) is 38.9. The molecule has 1 saturated heterocycles. The van der Waals surface area contributed by atoms with E-state index in [2.05, 4.69) is 27.7 Å². The van der Waals surface area contributed by atoms with Crippen molar-refractivity contribution in [2.24, 2.45) is 17.3 Å². The third-order valence-electron chi connectivity index (χ3n) is 14.2. The number of hydrogen-bond donors (Lipinski definition) is 2. The van der Waals surface area contributed by atoms with Gasteiger partial charge in [-0.2, -0.15) is 0 Å². The van der Waals surface area contributed by atoms with Gasteiger partial charge in [0.15, 0.2) is 11.5 Å². The number of rotatable bonds is 13. The Kier molecular flexibility index (Phi) is 9.31. The van der Waals surface area contributed by atoms with Crippen LogP contribution in [0.2, 0.25) is 0 Å². The SMILES string of the molecule is COc1ccc(COc2ccc3c4c2OC2C5(OC)CC[C@@]6(CC5CNC(=O)[C@H](Cc5ccccc5)NC(=O)OC(C)(C)C)[C@@H](C3)N(CC3CC3)CC[C@]426)cc1. The van der Waals surface area contributed by atoms with Crippen molar-refractivity contribution in [2.45, 2.75) is 114 Å². The molecule has 7 aliphatic rings. The number of carbonyl (C=O) groups excluding carboxylic acids is 2. The van der Waals surface area contributed by atoms with E-state index in [0.717, 1.165) is 79.5 Å². The van der Waals surface area contributed by atoms with Gasteiger partial charge in [-0.1, -0.05) is 48.5 Å². The minimum atomic E-state index is -0.806. The highest BCUT2D eigenvalue weighted by atomic mass is 16.6. The predicted molar refractivity (Wildman–Crippen MR) is 212 cm³/mol. The van der Waals surface area contributed by atoms with E-state index in [1.165, 1.54) is 24.0 Å². The van der Waals surface area contributed by atoms with Gasteiger partial charge in [0.25, 0.3) is 0 Å². The number of fused-ring (bicyclic) bond motifs is 2. The summed E-state index contributed by atoms with van der Waals surface area (Å²) in [5.41, 5.74) is 3.20. The van der Waals surface area contributed by atoms with Crippen LogP contribution in [0.25, 0.3) is 0 Å². The molecular weight excluding hydrogens is 707 g/mol. The van der Waals surface area contributed by atoms with Crippen molar-refractivity contribution in [2.75, 3.05) is 33.9 Å². The largest absolute Gasteiger partial charge is 0.497 e. The molecule has 2 amide bonds. The number of piperidine rings is 1. The third-order valence-corrected chi connectivity index (χ3v) is 14.2. The molecule has 2 heterocycles. The molecule has 5 aliphatic carbocycles. The summed E-state index contributed by atoms with van der Waals surface area (Å²) in [7, 11) is 3.51. The van der Waals surface area contributed by atoms with Gasteiger partial charge in [-0.15, -0.1) is 0 Å². The Balaban J connectivity index is 1.03. The van der Waals surface area contributed by atoms with Crippen molar-refractivity contribution < 1.29 is 33.3 Å². The van der Waals surface area contributed by atoms with Gasteiger partial charge in [0.05, 0.1) is 7.11 Å². The normalized spacial score (nSPS) is 30.1. The summed E-state index contributed by atoms with van der Waals surface area (Å²) >= 11 is 0. The van der Waals surface area contributed by atoms with E-state index >= 15 is 0 Å². The highest BCUT2D eigenvalue weighted by molar-refractivity contribution is 5.86. The fourth-order valence-electron chi connectivity index (χ4n) is 11.6. The van der Waals surface area contributed by atoms with E-state index in [-0.39, 0.29) is 28.8 Å². The van der Waals surface area contributed by atoms with Crippen LogP contribution in [0.4, 0.5) is 4.79 Å². The summed E-state index contributed by atoms with van der Waals surface area (Å²) in [6.07, 6.45) is 7.04. The van der Waals surface area contributed by atoms with Gasteiger partial charge >= 0.3 is 6.09 Å². The number of hydrogen-bond acceptors (Lipinski definition) is 8. The summed E-state index contributed by atoms with van der Waals surface area (Å²) in [6.45, 7) is 8.52. The number of nitrogens with one attached hydrogen (secondary N) is 2. The lowest BCUT2D eigenvalue weighted by atomic mass is 9.35. The van der Waals surface area contributed by atoms with E-state index in [1.807, 2.05) is 82.5 Å². The molecule has 298 valence electrons. The molecule has 0 radical (unpaired) electrons. The Morgan fingerprint density at radius 2 is 1.75 bits per heavy atom. The first kappa shape index (κ1) is 37.3. The molecule has 56 heavy (non-hydrogen) atoms. The first-order valence-corrected chi connectivity index (χ1v) is 20.7. The van der Waals surface area contributed by atoms with Crippen LogP contribution in [0.5, 0.6) is 17.2 Å². The minimum absolute atomic E-state index is 0.00475. The van der Waals surface area contributed by atoms with Crippen molar-refractivity contribution >= 4 is 12.0 Å². The highest BCUT2D eigenvalue weighted by Crippen LogP contribution is 2.76. The number of likely N-dealkylation sites (tertiary alicyclic amines) is 1. The number of carbonyl (C=O) groups is 2. The minimum Gasteiger partial charge on any atom is -0.497 e. The number of benzene rings is 3. The molecule has 5 fully saturated rings. The van der Waals surface area contributed by atoms with Crippen LogP contribution in [-0.4, -0.2) is 80.1 Å². The Morgan fingerprint density at radius 1 is 0.964 bits per heavy atom. The van der Waals surface area contributed by atoms with Crippen molar-refractivity contribution in [3.63, 3.8) is 0 Å². The van der Waals surface area contributed by atoms with Gasteiger partial charge in [-0.25, -0.2) is 4.79 Å². The number of amides is 2. The summed E-state index contributed by atoms with van der Waals surface area (Å²) in [5, 5.41) is 6.21. The maximum Gasteiger partial charge on any atom is 0.408 e. The van der Waals surface area contributed by atoms with Gasteiger partial charge in [-0.3, -0.25) is 9.69 Å². The Hall–Kier alpha value is -4.28. The van der Waals surface area contributed by atoms with Gasteiger partial charge in [0, 0.05) is 55.0 Å². The van der Waals surface area contributed by atoms with Crippen molar-refractivity contribution in [1.29, 1.82) is 0 Å². The van der Waals surface area contributed by atoms with Crippen LogP contribution < -0.4 is 24.8 Å². The summed E-state index contributed by atoms with van der Waals surface area (Å²) in [6, 6.07) is 21.8. The average molecular weight is 764 g/mol.